The Labute approximate surface area is 145 Å². The highest BCUT2D eigenvalue weighted by Crippen LogP contribution is 2.28. The van der Waals surface area contributed by atoms with Gasteiger partial charge in [-0.3, -0.25) is 4.99 Å². The molecule has 1 fully saturated rings. The summed E-state index contributed by atoms with van der Waals surface area (Å²) in [6.45, 7) is 3.58. The minimum atomic E-state index is 0. The Bertz CT molecular complexity index is 439. The number of halogens is 2. The smallest absolute Gasteiger partial charge is 0.191 e. The predicted molar refractivity (Wildman–Crippen MR) is 97.1 cm³/mol. The predicted octanol–water partition coefficient (Wildman–Crippen LogP) is 3.02. The van der Waals surface area contributed by atoms with Gasteiger partial charge >= 0.3 is 0 Å². The molecule has 1 saturated carbocycles. The van der Waals surface area contributed by atoms with E-state index in [4.69, 9.17) is 4.74 Å². The number of guanidine groups is 1. The number of aliphatic imine (C=N–C) groups is 1. The molecular formula is C14H21BrIN3O. The molecule has 2 unspecified atom stereocenters. The standard InChI is InChI=1S/C14H20BrN3O.HI/c1-10-9-13(10)18-14(16-2)17-7-8-19-12-5-3-11(15)4-6-12;/h3-6,10,13H,7-9H2,1-2H3,(H2,16,17,18);1H. The van der Waals surface area contributed by atoms with Crippen LogP contribution in [-0.2, 0) is 0 Å². The molecule has 1 aliphatic carbocycles. The van der Waals surface area contributed by atoms with E-state index in [0.717, 1.165) is 28.6 Å². The summed E-state index contributed by atoms with van der Waals surface area (Å²) in [6, 6.07) is 8.42. The highest BCUT2D eigenvalue weighted by atomic mass is 127. The summed E-state index contributed by atoms with van der Waals surface area (Å²) in [6.07, 6.45) is 1.23. The van der Waals surface area contributed by atoms with Gasteiger partial charge in [0.05, 0.1) is 6.54 Å². The van der Waals surface area contributed by atoms with Crippen LogP contribution in [0.15, 0.2) is 33.7 Å². The Morgan fingerprint density at radius 1 is 1.40 bits per heavy atom. The van der Waals surface area contributed by atoms with Gasteiger partial charge in [-0.2, -0.15) is 0 Å². The number of nitrogens with one attached hydrogen (secondary N) is 2. The lowest BCUT2D eigenvalue weighted by Crippen LogP contribution is -2.40. The third-order valence-electron chi connectivity index (χ3n) is 3.13. The highest BCUT2D eigenvalue weighted by Gasteiger charge is 2.33. The van der Waals surface area contributed by atoms with E-state index in [1.54, 1.807) is 7.05 Å². The molecule has 0 heterocycles. The molecule has 6 heteroatoms. The van der Waals surface area contributed by atoms with Crippen LogP contribution in [0.1, 0.15) is 13.3 Å². The van der Waals surface area contributed by atoms with Crippen molar-refractivity contribution < 1.29 is 4.74 Å². The zero-order valence-corrected chi connectivity index (χ0v) is 15.6. The number of nitrogens with zero attached hydrogens (tertiary/aromatic N) is 1. The summed E-state index contributed by atoms with van der Waals surface area (Å²) in [7, 11) is 1.79. The Balaban J connectivity index is 0.00000200. The summed E-state index contributed by atoms with van der Waals surface area (Å²) in [4.78, 5) is 4.19. The van der Waals surface area contributed by atoms with Gasteiger partial charge in [-0.1, -0.05) is 22.9 Å². The quantitative estimate of drug-likeness (QED) is 0.312. The second kappa shape index (κ2) is 8.71. The third-order valence-corrected chi connectivity index (χ3v) is 3.66. The lowest BCUT2D eigenvalue weighted by atomic mass is 10.3. The summed E-state index contributed by atoms with van der Waals surface area (Å²) in [5, 5.41) is 6.62. The SMILES string of the molecule is CN=C(NCCOc1ccc(Br)cc1)NC1CC1C.I. The summed E-state index contributed by atoms with van der Waals surface area (Å²) < 4.78 is 6.69. The normalized spacial score (nSPS) is 20.9. The molecule has 1 aromatic carbocycles. The van der Waals surface area contributed by atoms with Crippen LogP contribution in [0.4, 0.5) is 0 Å². The first-order valence-corrected chi connectivity index (χ1v) is 7.34. The Kier molecular flexibility index (Phi) is 7.65. The lowest BCUT2D eigenvalue weighted by molar-refractivity contribution is 0.322. The molecule has 1 aliphatic rings. The van der Waals surface area contributed by atoms with Crippen LogP contribution >= 0.6 is 39.9 Å². The second-order valence-electron chi connectivity index (χ2n) is 4.77. The van der Waals surface area contributed by atoms with Crippen molar-refractivity contribution in [1.82, 2.24) is 10.6 Å². The van der Waals surface area contributed by atoms with Gasteiger partial charge in [-0.25, -0.2) is 0 Å². The second-order valence-corrected chi connectivity index (χ2v) is 5.68. The maximum atomic E-state index is 5.63. The molecule has 0 bridgehead atoms. The zero-order valence-electron chi connectivity index (χ0n) is 11.7. The fraction of sp³-hybridized carbons (Fsp3) is 0.500. The number of rotatable bonds is 5. The maximum Gasteiger partial charge on any atom is 0.191 e. The Morgan fingerprint density at radius 2 is 2.05 bits per heavy atom. The van der Waals surface area contributed by atoms with Crippen molar-refractivity contribution in [3.05, 3.63) is 28.7 Å². The van der Waals surface area contributed by atoms with E-state index < -0.39 is 0 Å². The van der Waals surface area contributed by atoms with E-state index in [1.165, 1.54) is 6.42 Å². The van der Waals surface area contributed by atoms with E-state index in [1.807, 2.05) is 24.3 Å². The van der Waals surface area contributed by atoms with Crippen molar-refractivity contribution >= 4 is 45.9 Å². The van der Waals surface area contributed by atoms with Gasteiger partial charge in [0.15, 0.2) is 5.96 Å². The Morgan fingerprint density at radius 3 is 2.60 bits per heavy atom. The topological polar surface area (TPSA) is 45.7 Å². The minimum Gasteiger partial charge on any atom is -0.492 e. The van der Waals surface area contributed by atoms with Crippen LogP contribution in [0.3, 0.4) is 0 Å². The van der Waals surface area contributed by atoms with Crippen LogP contribution in [-0.4, -0.2) is 32.2 Å². The average molecular weight is 454 g/mol. The van der Waals surface area contributed by atoms with Crippen LogP contribution in [0.2, 0.25) is 0 Å². The fourth-order valence-electron chi connectivity index (χ4n) is 1.76. The van der Waals surface area contributed by atoms with Crippen LogP contribution in [0.5, 0.6) is 5.75 Å². The minimum absolute atomic E-state index is 0. The molecule has 2 atom stereocenters. The van der Waals surface area contributed by atoms with E-state index >= 15 is 0 Å². The van der Waals surface area contributed by atoms with E-state index in [9.17, 15) is 0 Å². The first kappa shape index (κ1) is 17.6. The zero-order chi connectivity index (χ0) is 13.7. The summed E-state index contributed by atoms with van der Waals surface area (Å²) in [5.41, 5.74) is 0. The molecule has 2 N–H and O–H groups in total. The molecule has 112 valence electrons. The monoisotopic (exact) mass is 453 g/mol. The third kappa shape index (κ3) is 5.87. The van der Waals surface area contributed by atoms with Gasteiger partial charge in [0.25, 0.3) is 0 Å². The summed E-state index contributed by atoms with van der Waals surface area (Å²) >= 11 is 3.40. The molecule has 0 saturated heterocycles. The van der Waals surface area contributed by atoms with Crippen LogP contribution < -0.4 is 15.4 Å². The Hall–Kier alpha value is -0.500. The maximum absolute atomic E-state index is 5.63. The van der Waals surface area contributed by atoms with Crippen LogP contribution in [0, 0.1) is 5.92 Å². The van der Waals surface area contributed by atoms with Gasteiger partial charge in [0.1, 0.15) is 12.4 Å². The molecule has 0 amide bonds. The average Bonchev–Trinajstić information content (AvgIpc) is 3.11. The molecule has 0 spiro atoms. The van der Waals surface area contributed by atoms with Crippen molar-refractivity contribution in [3.8, 4) is 5.75 Å². The van der Waals surface area contributed by atoms with E-state index in [0.29, 0.717) is 12.6 Å². The molecule has 4 nitrogen and oxygen atoms in total. The van der Waals surface area contributed by atoms with E-state index in [2.05, 4.69) is 38.5 Å². The van der Waals surface area contributed by atoms with Gasteiger partial charge in [-0.05, 0) is 36.6 Å². The molecule has 20 heavy (non-hydrogen) atoms. The first-order chi connectivity index (χ1) is 9.19. The molecular weight excluding hydrogens is 433 g/mol. The molecule has 1 aromatic rings. The largest absolute Gasteiger partial charge is 0.492 e. The number of ether oxygens (including phenoxy) is 1. The number of hydrogen-bond donors (Lipinski definition) is 2. The van der Waals surface area contributed by atoms with Crippen molar-refractivity contribution in [3.63, 3.8) is 0 Å². The van der Waals surface area contributed by atoms with Gasteiger partial charge in [-0.15, -0.1) is 24.0 Å². The van der Waals surface area contributed by atoms with Crippen molar-refractivity contribution in [1.29, 1.82) is 0 Å². The van der Waals surface area contributed by atoms with Crippen molar-refractivity contribution in [2.24, 2.45) is 10.9 Å². The fourth-order valence-corrected chi connectivity index (χ4v) is 2.03. The number of hydrogen-bond acceptors (Lipinski definition) is 2. The summed E-state index contributed by atoms with van der Waals surface area (Å²) in [5.74, 6) is 2.50. The molecule has 2 rings (SSSR count). The van der Waals surface area contributed by atoms with E-state index in [-0.39, 0.29) is 24.0 Å². The molecule has 0 radical (unpaired) electrons. The molecule has 0 aromatic heterocycles. The van der Waals surface area contributed by atoms with Gasteiger partial charge in [0.2, 0.25) is 0 Å². The lowest BCUT2D eigenvalue weighted by Gasteiger charge is -2.12. The first-order valence-electron chi connectivity index (χ1n) is 6.54. The van der Waals surface area contributed by atoms with Gasteiger partial charge < -0.3 is 15.4 Å². The van der Waals surface area contributed by atoms with Crippen LogP contribution in [0.25, 0.3) is 0 Å². The number of benzene rings is 1. The van der Waals surface area contributed by atoms with Crippen molar-refractivity contribution in [2.45, 2.75) is 19.4 Å². The van der Waals surface area contributed by atoms with Crippen molar-refractivity contribution in [2.75, 3.05) is 20.2 Å². The molecule has 0 aliphatic heterocycles. The highest BCUT2D eigenvalue weighted by molar-refractivity contribution is 14.0. The van der Waals surface area contributed by atoms with Gasteiger partial charge in [0, 0.05) is 17.6 Å².